The summed E-state index contributed by atoms with van der Waals surface area (Å²) in [5, 5.41) is 12.0. The number of aliphatic hydroxyl groups is 1. The lowest BCUT2D eigenvalue weighted by atomic mass is 9.98. The van der Waals surface area contributed by atoms with E-state index in [4.69, 9.17) is 0 Å². The first-order chi connectivity index (χ1) is 10.5. The molecule has 1 heterocycles. The molecule has 0 aromatic heterocycles. The van der Waals surface area contributed by atoms with Crippen LogP contribution >= 0.6 is 0 Å². The molecule has 5 heteroatoms. The van der Waals surface area contributed by atoms with E-state index in [0.29, 0.717) is 18.7 Å². The Balaban J connectivity index is 1.94. The number of rotatable bonds is 4. The van der Waals surface area contributed by atoms with Gasteiger partial charge in [-0.25, -0.2) is 0 Å². The number of likely N-dealkylation sites (tertiary alicyclic amines) is 1. The number of aryl methyl sites for hydroxylation is 1. The van der Waals surface area contributed by atoms with Gasteiger partial charge >= 0.3 is 0 Å². The van der Waals surface area contributed by atoms with Crippen LogP contribution in [-0.4, -0.2) is 47.6 Å². The SMILES string of the molecule is Cc1cccc(C(=O)NC(C)C(=O)N2CCCC(CO)C2)c1. The predicted octanol–water partition coefficient (Wildman–Crippen LogP) is 1.34. The number of hydrogen-bond donors (Lipinski definition) is 2. The predicted molar refractivity (Wildman–Crippen MR) is 84.5 cm³/mol. The van der Waals surface area contributed by atoms with Crippen LogP contribution in [0, 0.1) is 12.8 Å². The van der Waals surface area contributed by atoms with Crippen molar-refractivity contribution in [2.75, 3.05) is 19.7 Å². The van der Waals surface area contributed by atoms with E-state index in [9.17, 15) is 14.7 Å². The lowest BCUT2D eigenvalue weighted by Gasteiger charge is -2.33. The van der Waals surface area contributed by atoms with Crippen LogP contribution in [0.1, 0.15) is 35.7 Å². The highest BCUT2D eigenvalue weighted by Crippen LogP contribution is 2.16. The summed E-state index contributed by atoms with van der Waals surface area (Å²) in [4.78, 5) is 26.4. The molecule has 5 nitrogen and oxygen atoms in total. The maximum absolute atomic E-state index is 12.4. The van der Waals surface area contributed by atoms with E-state index >= 15 is 0 Å². The van der Waals surface area contributed by atoms with Gasteiger partial charge in [0, 0.05) is 25.3 Å². The van der Waals surface area contributed by atoms with Gasteiger partial charge in [-0.2, -0.15) is 0 Å². The molecular weight excluding hydrogens is 280 g/mol. The van der Waals surface area contributed by atoms with Crippen LogP contribution in [0.15, 0.2) is 24.3 Å². The molecule has 1 aromatic carbocycles. The second-order valence-electron chi connectivity index (χ2n) is 6.04. The standard InChI is InChI=1S/C17H24N2O3/c1-12-5-3-7-15(9-12)16(21)18-13(2)17(22)19-8-4-6-14(10-19)11-20/h3,5,7,9,13-14,20H,4,6,8,10-11H2,1-2H3,(H,18,21). The van der Waals surface area contributed by atoms with E-state index in [0.717, 1.165) is 18.4 Å². The molecule has 0 radical (unpaired) electrons. The number of benzene rings is 1. The Morgan fingerprint density at radius 3 is 2.91 bits per heavy atom. The number of aliphatic hydroxyl groups excluding tert-OH is 1. The van der Waals surface area contributed by atoms with Crippen LogP contribution in [0.25, 0.3) is 0 Å². The van der Waals surface area contributed by atoms with Gasteiger partial charge in [-0.1, -0.05) is 17.7 Å². The number of hydrogen-bond acceptors (Lipinski definition) is 3. The largest absolute Gasteiger partial charge is 0.396 e. The van der Waals surface area contributed by atoms with Crippen LogP contribution < -0.4 is 5.32 Å². The van der Waals surface area contributed by atoms with Crippen molar-refractivity contribution in [3.05, 3.63) is 35.4 Å². The lowest BCUT2D eigenvalue weighted by molar-refractivity contribution is -0.134. The minimum Gasteiger partial charge on any atom is -0.396 e. The summed E-state index contributed by atoms with van der Waals surface area (Å²) in [7, 11) is 0. The summed E-state index contributed by atoms with van der Waals surface area (Å²) in [6.45, 7) is 5.00. The first-order valence-electron chi connectivity index (χ1n) is 7.78. The monoisotopic (exact) mass is 304 g/mol. The minimum atomic E-state index is -0.564. The zero-order valence-corrected chi connectivity index (χ0v) is 13.2. The van der Waals surface area contributed by atoms with Crippen LogP contribution in [-0.2, 0) is 4.79 Å². The van der Waals surface area contributed by atoms with Crippen molar-refractivity contribution in [3.63, 3.8) is 0 Å². The number of piperidine rings is 1. The number of carbonyl (C=O) groups is 2. The highest BCUT2D eigenvalue weighted by atomic mass is 16.3. The molecule has 0 saturated carbocycles. The van der Waals surface area contributed by atoms with Crippen LogP contribution in [0.2, 0.25) is 0 Å². The first-order valence-corrected chi connectivity index (χ1v) is 7.78. The van der Waals surface area contributed by atoms with E-state index in [-0.39, 0.29) is 24.3 Å². The molecule has 2 unspecified atom stereocenters. The number of nitrogens with one attached hydrogen (secondary N) is 1. The molecule has 2 atom stereocenters. The first kappa shape index (κ1) is 16.5. The van der Waals surface area contributed by atoms with E-state index < -0.39 is 6.04 Å². The van der Waals surface area contributed by atoms with Gasteiger partial charge < -0.3 is 15.3 Å². The second kappa shape index (κ2) is 7.40. The smallest absolute Gasteiger partial charge is 0.251 e. The second-order valence-corrected chi connectivity index (χ2v) is 6.04. The van der Waals surface area contributed by atoms with Gasteiger partial charge in [0.15, 0.2) is 0 Å². The minimum absolute atomic E-state index is 0.0841. The highest BCUT2D eigenvalue weighted by Gasteiger charge is 2.27. The van der Waals surface area contributed by atoms with Crippen LogP contribution in [0.5, 0.6) is 0 Å². The lowest BCUT2D eigenvalue weighted by Crippen LogP contribution is -2.50. The molecule has 120 valence electrons. The van der Waals surface area contributed by atoms with E-state index in [1.807, 2.05) is 19.1 Å². The summed E-state index contributed by atoms with van der Waals surface area (Å²) >= 11 is 0. The Bertz CT molecular complexity index is 544. The molecule has 0 aliphatic carbocycles. The van der Waals surface area contributed by atoms with Crippen molar-refractivity contribution < 1.29 is 14.7 Å². The molecular formula is C17H24N2O3. The van der Waals surface area contributed by atoms with Gasteiger partial charge in [-0.05, 0) is 44.7 Å². The Hall–Kier alpha value is -1.88. The number of nitrogens with zero attached hydrogens (tertiary/aromatic N) is 1. The normalized spacial score (nSPS) is 19.6. The molecule has 2 N–H and O–H groups in total. The zero-order valence-electron chi connectivity index (χ0n) is 13.2. The van der Waals surface area contributed by atoms with E-state index in [2.05, 4.69) is 5.32 Å². The topological polar surface area (TPSA) is 69.6 Å². The van der Waals surface area contributed by atoms with Gasteiger partial charge in [0.2, 0.25) is 5.91 Å². The van der Waals surface area contributed by atoms with Gasteiger partial charge in [0.05, 0.1) is 0 Å². The van der Waals surface area contributed by atoms with Crippen molar-refractivity contribution in [2.24, 2.45) is 5.92 Å². The Kier molecular flexibility index (Phi) is 5.55. The summed E-state index contributed by atoms with van der Waals surface area (Å²) in [6.07, 6.45) is 1.85. The molecule has 22 heavy (non-hydrogen) atoms. The zero-order chi connectivity index (χ0) is 16.1. The molecule has 1 saturated heterocycles. The molecule has 0 bridgehead atoms. The fourth-order valence-corrected chi connectivity index (χ4v) is 2.82. The van der Waals surface area contributed by atoms with Gasteiger partial charge in [-0.15, -0.1) is 0 Å². The molecule has 1 aliphatic heterocycles. The van der Waals surface area contributed by atoms with E-state index in [1.54, 1.807) is 24.0 Å². The van der Waals surface area contributed by atoms with Crippen molar-refractivity contribution in [2.45, 2.75) is 32.7 Å². The number of amides is 2. The van der Waals surface area contributed by atoms with Crippen molar-refractivity contribution in [3.8, 4) is 0 Å². The van der Waals surface area contributed by atoms with Gasteiger partial charge in [0.1, 0.15) is 6.04 Å². The molecule has 1 fully saturated rings. The molecule has 1 aromatic rings. The summed E-state index contributed by atoms with van der Waals surface area (Å²) in [5.74, 6) is -0.170. The maximum atomic E-state index is 12.4. The highest BCUT2D eigenvalue weighted by molar-refractivity contribution is 5.97. The third-order valence-electron chi connectivity index (χ3n) is 4.09. The summed E-state index contributed by atoms with van der Waals surface area (Å²) < 4.78 is 0. The van der Waals surface area contributed by atoms with Crippen molar-refractivity contribution in [1.82, 2.24) is 10.2 Å². The van der Waals surface area contributed by atoms with E-state index in [1.165, 1.54) is 0 Å². The quantitative estimate of drug-likeness (QED) is 0.882. The van der Waals surface area contributed by atoms with Crippen LogP contribution in [0.4, 0.5) is 0 Å². The third-order valence-corrected chi connectivity index (χ3v) is 4.09. The molecule has 0 spiro atoms. The Labute approximate surface area is 131 Å². The third kappa shape index (κ3) is 4.07. The molecule has 1 aliphatic rings. The molecule has 2 rings (SSSR count). The van der Waals surface area contributed by atoms with Crippen molar-refractivity contribution >= 4 is 11.8 Å². The summed E-state index contributed by atoms with van der Waals surface area (Å²) in [6, 6.07) is 6.73. The average Bonchev–Trinajstić information content (AvgIpc) is 2.54. The Morgan fingerprint density at radius 2 is 2.23 bits per heavy atom. The van der Waals surface area contributed by atoms with Gasteiger partial charge in [-0.3, -0.25) is 9.59 Å². The summed E-state index contributed by atoms with van der Waals surface area (Å²) in [5.41, 5.74) is 1.57. The number of carbonyl (C=O) groups excluding carboxylic acids is 2. The molecule has 2 amide bonds. The maximum Gasteiger partial charge on any atom is 0.251 e. The van der Waals surface area contributed by atoms with Crippen molar-refractivity contribution in [1.29, 1.82) is 0 Å². The van der Waals surface area contributed by atoms with Crippen LogP contribution in [0.3, 0.4) is 0 Å². The van der Waals surface area contributed by atoms with Gasteiger partial charge in [0.25, 0.3) is 5.91 Å². The fourth-order valence-electron chi connectivity index (χ4n) is 2.82. The Morgan fingerprint density at radius 1 is 1.45 bits per heavy atom. The average molecular weight is 304 g/mol. The fraction of sp³-hybridized carbons (Fsp3) is 0.529.